The molecular weight excluding hydrogens is 362 g/mol. The maximum absolute atomic E-state index is 13.4. The van der Waals surface area contributed by atoms with Crippen LogP contribution in [0.4, 0.5) is 14.5 Å². The molecule has 2 aromatic carbocycles. The third-order valence-corrected chi connectivity index (χ3v) is 4.12. The molecule has 0 spiro atoms. The Morgan fingerprint density at radius 1 is 1.27 bits per heavy atom. The Balaban J connectivity index is 0.00000243. The van der Waals surface area contributed by atoms with E-state index in [1.54, 1.807) is 35.2 Å². The fourth-order valence-electron chi connectivity index (χ4n) is 2.76. The van der Waals surface area contributed by atoms with E-state index in [0.29, 0.717) is 41.9 Å². The molecule has 0 atom stereocenters. The van der Waals surface area contributed by atoms with Crippen molar-refractivity contribution in [3.05, 3.63) is 71.3 Å². The standard InChI is InChI=1S/C19H18F2N2O2.ClH/c20-10-13(11-22)12-25-17-4-5-18-14(8-17)6-7-23(19(18)24)16-3-1-2-15(21)9-16;/h1-5,8-10H,6-7,11-12,22H2;1H/b13-10+;. The van der Waals surface area contributed by atoms with Crippen LogP contribution in [0.3, 0.4) is 0 Å². The summed E-state index contributed by atoms with van der Waals surface area (Å²) in [6.07, 6.45) is 1.07. The Labute approximate surface area is 156 Å². The number of nitrogens with zero attached hydrogens (tertiary/aromatic N) is 1. The van der Waals surface area contributed by atoms with Crippen molar-refractivity contribution < 1.29 is 18.3 Å². The monoisotopic (exact) mass is 380 g/mol. The van der Waals surface area contributed by atoms with Gasteiger partial charge < -0.3 is 15.4 Å². The van der Waals surface area contributed by atoms with E-state index in [4.69, 9.17) is 10.5 Å². The van der Waals surface area contributed by atoms with Gasteiger partial charge in [0.2, 0.25) is 0 Å². The van der Waals surface area contributed by atoms with Gasteiger partial charge in [-0.15, -0.1) is 12.4 Å². The van der Waals surface area contributed by atoms with Gasteiger partial charge in [-0.05, 0) is 48.4 Å². The Bertz CT molecular complexity index is 827. The smallest absolute Gasteiger partial charge is 0.258 e. The van der Waals surface area contributed by atoms with Gasteiger partial charge in [0, 0.05) is 29.9 Å². The third kappa shape index (κ3) is 4.20. The Hall–Kier alpha value is -2.44. The minimum absolute atomic E-state index is 0. The molecule has 0 saturated heterocycles. The first-order valence-electron chi connectivity index (χ1n) is 7.93. The highest BCUT2D eigenvalue weighted by atomic mass is 35.5. The third-order valence-electron chi connectivity index (χ3n) is 4.12. The zero-order valence-electron chi connectivity index (χ0n) is 14.0. The molecule has 0 saturated carbocycles. The van der Waals surface area contributed by atoms with Crippen LogP contribution >= 0.6 is 12.4 Å². The van der Waals surface area contributed by atoms with Gasteiger partial charge in [0.25, 0.3) is 5.91 Å². The second-order valence-electron chi connectivity index (χ2n) is 5.77. The topological polar surface area (TPSA) is 55.6 Å². The van der Waals surface area contributed by atoms with E-state index in [9.17, 15) is 13.6 Å². The van der Waals surface area contributed by atoms with Crippen molar-refractivity contribution in [1.29, 1.82) is 0 Å². The molecule has 26 heavy (non-hydrogen) atoms. The summed E-state index contributed by atoms with van der Waals surface area (Å²) in [7, 11) is 0. The molecule has 0 unspecified atom stereocenters. The van der Waals surface area contributed by atoms with Crippen LogP contribution in [0.1, 0.15) is 15.9 Å². The molecule has 0 fully saturated rings. The molecular formula is C19H19ClF2N2O2. The summed E-state index contributed by atoms with van der Waals surface area (Å²) >= 11 is 0. The Morgan fingerprint density at radius 3 is 2.77 bits per heavy atom. The number of nitrogens with two attached hydrogens (primary N) is 1. The van der Waals surface area contributed by atoms with E-state index in [-0.39, 0.29) is 37.3 Å². The van der Waals surface area contributed by atoms with Crippen molar-refractivity contribution in [3.8, 4) is 5.75 Å². The van der Waals surface area contributed by atoms with Crippen molar-refractivity contribution in [2.75, 3.05) is 24.6 Å². The predicted molar refractivity (Wildman–Crippen MR) is 99.2 cm³/mol. The highest BCUT2D eigenvalue weighted by Crippen LogP contribution is 2.27. The summed E-state index contributed by atoms with van der Waals surface area (Å²) in [4.78, 5) is 14.2. The summed E-state index contributed by atoms with van der Waals surface area (Å²) in [5.41, 5.74) is 7.70. The summed E-state index contributed by atoms with van der Waals surface area (Å²) in [5, 5.41) is 0. The lowest BCUT2D eigenvalue weighted by Gasteiger charge is -2.29. The van der Waals surface area contributed by atoms with Gasteiger partial charge >= 0.3 is 0 Å². The summed E-state index contributed by atoms with van der Waals surface area (Å²) in [6.45, 7) is 0.606. The number of carbonyl (C=O) groups excluding carboxylic acids is 1. The number of ether oxygens (including phenoxy) is 1. The molecule has 0 bridgehead atoms. The fourth-order valence-corrected chi connectivity index (χ4v) is 2.76. The lowest BCUT2D eigenvalue weighted by Crippen LogP contribution is -2.37. The quantitative estimate of drug-likeness (QED) is 0.861. The molecule has 0 aliphatic carbocycles. The van der Waals surface area contributed by atoms with Crippen LogP contribution in [0.2, 0.25) is 0 Å². The number of benzene rings is 2. The number of hydrogen-bond donors (Lipinski definition) is 1. The summed E-state index contributed by atoms with van der Waals surface area (Å²) in [5.74, 6) is -0.000253. The van der Waals surface area contributed by atoms with Gasteiger partial charge in [0.15, 0.2) is 0 Å². The van der Waals surface area contributed by atoms with Crippen LogP contribution < -0.4 is 15.4 Å². The average molecular weight is 381 g/mol. The van der Waals surface area contributed by atoms with Crippen LogP contribution in [0.5, 0.6) is 5.75 Å². The van der Waals surface area contributed by atoms with Gasteiger partial charge in [-0.1, -0.05) is 6.07 Å². The van der Waals surface area contributed by atoms with E-state index in [0.717, 1.165) is 5.56 Å². The number of anilines is 1. The van der Waals surface area contributed by atoms with E-state index in [2.05, 4.69) is 0 Å². The van der Waals surface area contributed by atoms with E-state index in [1.807, 2.05) is 0 Å². The first-order valence-corrected chi connectivity index (χ1v) is 7.93. The molecule has 3 rings (SSSR count). The lowest BCUT2D eigenvalue weighted by atomic mass is 9.98. The van der Waals surface area contributed by atoms with Crippen LogP contribution in [0.15, 0.2) is 54.4 Å². The molecule has 138 valence electrons. The van der Waals surface area contributed by atoms with Crippen molar-refractivity contribution in [1.82, 2.24) is 0 Å². The molecule has 0 aromatic heterocycles. The number of amides is 1. The summed E-state index contributed by atoms with van der Waals surface area (Å²) in [6, 6.07) is 11.1. The minimum Gasteiger partial charge on any atom is -0.489 e. The van der Waals surface area contributed by atoms with Crippen LogP contribution in [-0.4, -0.2) is 25.6 Å². The minimum atomic E-state index is -0.378. The van der Waals surface area contributed by atoms with Gasteiger partial charge in [-0.3, -0.25) is 4.79 Å². The van der Waals surface area contributed by atoms with E-state index in [1.165, 1.54) is 12.1 Å². The second-order valence-corrected chi connectivity index (χ2v) is 5.77. The maximum atomic E-state index is 13.4. The normalized spacial score (nSPS) is 13.9. The van der Waals surface area contributed by atoms with Crippen molar-refractivity contribution in [3.63, 3.8) is 0 Å². The first-order chi connectivity index (χ1) is 12.1. The first kappa shape index (κ1) is 19.9. The number of fused-ring (bicyclic) bond motifs is 1. The zero-order valence-corrected chi connectivity index (χ0v) is 14.8. The molecule has 4 nitrogen and oxygen atoms in total. The Kier molecular flexibility index (Phi) is 6.71. The largest absolute Gasteiger partial charge is 0.489 e. The van der Waals surface area contributed by atoms with Gasteiger partial charge in [0.1, 0.15) is 18.2 Å². The van der Waals surface area contributed by atoms with Crippen LogP contribution in [0, 0.1) is 5.82 Å². The molecule has 2 N–H and O–H groups in total. The average Bonchev–Trinajstić information content (AvgIpc) is 2.63. The van der Waals surface area contributed by atoms with Gasteiger partial charge in [-0.25, -0.2) is 8.78 Å². The van der Waals surface area contributed by atoms with Crippen molar-refractivity contribution in [2.24, 2.45) is 5.73 Å². The molecule has 0 radical (unpaired) electrons. The van der Waals surface area contributed by atoms with Gasteiger partial charge in [0.05, 0.1) is 6.33 Å². The van der Waals surface area contributed by atoms with E-state index >= 15 is 0 Å². The Morgan fingerprint density at radius 2 is 2.08 bits per heavy atom. The molecule has 2 aromatic rings. The fraction of sp³-hybridized carbons (Fsp3) is 0.211. The maximum Gasteiger partial charge on any atom is 0.258 e. The van der Waals surface area contributed by atoms with Crippen LogP contribution in [-0.2, 0) is 6.42 Å². The SMILES string of the molecule is Cl.NC/C(=C\F)COc1ccc2c(c1)CCN(c1cccc(F)c1)C2=O. The highest BCUT2D eigenvalue weighted by Gasteiger charge is 2.26. The van der Waals surface area contributed by atoms with Crippen molar-refractivity contribution in [2.45, 2.75) is 6.42 Å². The second kappa shape index (κ2) is 8.78. The lowest BCUT2D eigenvalue weighted by molar-refractivity contribution is 0.0980. The number of halogens is 3. The molecule has 7 heteroatoms. The number of rotatable bonds is 5. The number of carbonyl (C=O) groups is 1. The zero-order chi connectivity index (χ0) is 17.8. The number of hydrogen-bond acceptors (Lipinski definition) is 3. The molecule has 1 amide bonds. The summed E-state index contributed by atoms with van der Waals surface area (Å²) < 4.78 is 31.4. The molecule has 1 heterocycles. The molecule has 1 aliphatic heterocycles. The van der Waals surface area contributed by atoms with Crippen LogP contribution in [0.25, 0.3) is 0 Å². The predicted octanol–water partition coefficient (Wildman–Crippen LogP) is 3.64. The van der Waals surface area contributed by atoms with Gasteiger partial charge in [-0.2, -0.15) is 0 Å². The van der Waals surface area contributed by atoms with Crippen molar-refractivity contribution >= 4 is 24.0 Å². The molecule has 1 aliphatic rings. The van der Waals surface area contributed by atoms with E-state index < -0.39 is 0 Å². The highest BCUT2D eigenvalue weighted by molar-refractivity contribution is 6.08.